The van der Waals surface area contributed by atoms with Crippen molar-refractivity contribution in [2.45, 2.75) is 110 Å². The molecule has 3 saturated carbocycles. The van der Waals surface area contributed by atoms with Crippen LogP contribution < -0.4 is 0 Å². The molecule has 3 aromatic rings. The molecule has 3 aromatic carbocycles. The zero-order chi connectivity index (χ0) is 38.4. The Morgan fingerprint density at radius 2 is 1.23 bits per heavy atom. The summed E-state index contributed by atoms with van der Waals surface area (Å²) in [5.41, 5.74) is 16.2. The molecule has 0 aromatic heterocycles. The van der Waals surface area contributed by atoms with Crippen LogP contribution >= 0.6 is 17.0 Å². The van der Waals surface area contributed by atoms with Crippen LogP contribution in [0.4, 0.5) is 0 Å². The molecule has 4 heteroatoms. The second-order valence-corrected chi connectivity index (χ2v) is 27.9. The van der Waals surface area contributed by atoms with Gasteiger partial charge in [0.2, 0.25) is 0 Å². The first-order valence-electron chi connectivity index (χ1n) is 20.9. The maximum atomic E-state index is 4.93. The Labute approximate surface area is 362 Å². The molecule has 0 nitrogen and oxygen atoms in total. The molecule has 0 aliphatic heterocycles. The fourth-order valence-corrected chi connectivity index (χ4v) is 19.0. The van der Waals surface area contributed by atoms with E-state index in [-0.39, 0.29) is 20.3 Å². The van der Waals surface area contributed by atoms with Gasteiger partial charge in [0.1, 0.15) is 0 Å². The molecule has 298 valence electrons. The summed E-state index contributed by atoms with van der Waals surface area (Å²) in [5.74, 6) is 4.66. The molecular formula is C52H68Cl2SiZr. The van der Waals surface area contributed by atoms with E-state index in [0.29, 0.717) is 29.6 Å². The van der Waals surface area contributed by atoms with E-state index in [9.17, 15) is 0 Å². The number of benzene rings is 3. The second kappa shape index (κ2) is 18.7. The first-order chi connectivity index (χ1) is 25.9. The number of hydrogen-bond donors (Lipinski definition) is 0. The zero-order valence-corrected chi connectivity index (χ0v) is 41.0. The molecule has 0 radical (unpaired) electrons. The number of rotatable bonds is 6. The Bertz CT molecular complexity index is 1900. The summed E-state index contributed by atoms with van der Waals surface area (Å²) in [6.45, 7) is 20.5. The van der Waals surface area contributed by atoms with Gasteiger partial charge in [-0.05, 0) is 147 Å². The van der Waals surface area contributed by atoms with E-state index in [4.69, 9.17) is 17.0 Å². The fourth-order valence-electron chi connectivity index (χ4n) is 12.6. The molecule has 5 aliphatic carbocycles. The molecule has 8 rings (SSSR count). The minimum atomic E-state index is -1.90. The first kappa shape index (κ1) is 45.4. The second-order valence-electron chi connectivity index (χ2n) is 19.2. The maximum absolute atomic E-state index is 4.93. The molecular weight excluding hydrogens is 815 g/mol. The molecule has 56 heavy (non-hydrogen) atoms. The average molecular weight is 883 g/mol. The third kappa shape index (κ3) is 8.49. The third-order valence-electron chi connectivity index (χ3n) is 14.6. The summed E-state index contributed by atoms with van der Waals surface area (Å²) >= 11 is -0.826. The predicted molar refractivity (Wildman–Crippen MR) is 248 cm³/mol. The van der Waals surface area contributed by atoms with E-state index in [1.807, 2.05) is 0 Å². The van der Waals surface area contributed by atoms with Crippen LogP contribution in [0, 0.1) is 56.3 Å². The molecule has 0 amide bonds. The van der Waals surface area contributed by atoms with Gasteiger partial charge in [0.25, 0.3) is 0 Å². The van der Waals surface area contributed by atoms with E-state index >= 15 is 0 Å². The van der Waals surface area contributed by atoms with Crippen LogP contribution in [0.1, 0.15) is 102 Å². The van der Waals surface area contributed by atoms with Gasteiger partial charge in [0.15, 0.2) is 0 Å². The summed E-state index contributed by atoms with van der Waals surface area (Å²) in [4.78, 5) is 0. The summed E-state index contributed by atoms with van der Waals surface area (Å²) < 4.78 is 0. The normalized spacial score (nSPS) is 28.2. The molecule has 3 fully saturated rings. The van der Waals surface area contributed by atoms with Crippen molar-refractivity contribution in [3.05, 3.63) is 151 Å². The number of halogens is 2. The van der Waals surface area contributed by atoms with E-state index in [0.717, 1.165) is 22.9 Å². The van der Waals surface area contributed by atoms with Crippen LogP contribution in [0.3, 0.4) is 0 Å². The van der Waals surface area contributed by atoms with Crippen LogP contribution in [0.15, 0.2) is 114 Å². The van der Waals surface area contributed by atoms with Crippen molar-refractivity contribution in [3.8, 4) is 0 Å². The molecule has 5 aliphatic rings. The molecule has 8 atom stereocenters. The summed E-state index contributed by atoms with van der Waals surface area (Å²) in [6, 6.07) is 33.1. The average Bonchev–Trinajstić information content (AvgIpc) is 3.73. The van der Waals surface area contributed by atoms with Gasteiger partial charge in [-0.3, -0.25) is 0 Å². The van der Waals surface area contributed by atoms with Crippen molar-refractivity contribution in [1.82, 2.24) is 0 Å². The Hall–Kier alpha value is -1.70. The van der Waals surface area contributed by atoms with Crippen molar-refractivity contribution in [3.63, 3.8) is 0 Å². The van der Waals surface area contributed by atoms with E-state index in [1.54, 1.807) is 27.9 Å². The Morgan fingerprint density at radius 1 is 0.696 bits per heavy atom. The van der Waals surface area contributed by atoms with Gasteiger partial charge in [-0.1, -0.05) is 158 Å². The first-order valence-corrected chi connectivity index (χ1v) is 30.4. The Balaban J connectivity index is 0.00000116. The SMILES string of the molecule is CC(C)C1CC2C(c3ccc(C(C)(C)C)cc3)=CC=CC2C1[Si](C)(C)C1C(C)CC2C(c3ccccc3)=C3CCCCC3=C(c3ccccc3)C21.[CH3-].[CH3-].[Cl][Zr+2][Cl]. The van der Waals surface area contributed by atoms with E-state index < -0.39 is 28.9 Å². The quantitative estimate of drug-likeness (QED) is 0.171. The zero-order valence-electron chi connectivity index (χ0n) is 36.0. The summed E-state index contributed by atoms with van der Waals surface area (Å²) in [7, 11) is 7.96. The van der Waals surface area contributed by atoms with Crippen molar-refractivity contribution >= 4 is 41.8 Å². The monoisotopic (exact) mass is 880 g/mol. The molecule has 0 spiro atoms. The Kier molecular flexibility index (Phi) is 15.2. The molecule has 0 N–H and O–H groups in total. The number of allylic oxidation sites excluding steroid dienone is 8. The van der Waals surface area contributed by atoms with Gasteiger partial charge in [0.05, 0.1) is 8.07 Å². The van der Waals surface area contributed by atoms with Crippen molar-refractivity contribution in [2.24, 2.45) is 41.4 Å². The van der Waals surface area contributed by atoms with Crippen LogP contribution in [0.25, 0.3) is 16.7 Å². The van der Waals surface area contributed by atoms with Crippen LogP contribution in [-0.4, -0.2) is 8.07 Å². The topological polar surface area (TPSA) is 0 Å². The van der Waals surface area contributed by atoms with Crippen molar-refractivity contribution < 1.29 is 20.8 Å². The molecule has 0 saturated heterocycles. The minimum absolute atomic E-state index is 0. The van der Waals surface area contributed by atoms with Gasteiger partial charge >= 0.3 is 37.9 Å². The van der Waals surface area contributed by atoms with Gasteiger partial charge in [-0.15, -0.1) is 0 Å². The number of hydrogen-bond acceptors (Lipinski definition) is 0. The standard InChI is InChI=1S/C50H62Si.2CH3.2ClH.Zr/c1-32(2)42-31-43-38(34-26-28-37(29-27-34)50(4,5)6)24-17-25-41(43)49(42)51(7,8)48-33(3)30-44-45(35-18-11-9-12-19-35)39-22-15-16-23-40(39)46(47(44)48)36-20-13-10-14-21-36;;;;;/h9-14,17-21,24-29,32-33,41-44,47-49H,15-16,22-23,30-31H2,1-8H3;2*1H3;2*1H;/q;2*-1;;;+4/p-2. The van der Waals surface area contributed by atoms with Crippen LogP contribution in [-0.2, 0) is 26.3 Å². The fraction of sp³-hybridized carbons (Fsp3) is 0.462. The van der Waals surface area contributed by atoms with Gasteiger partial charge in [0, 0.05) is 0 Å². The van der Waals surface area contributed by atoms with E-state index in [1.165, 1.54) is 60.8 Å². The molecule has 0 heterocycles. The summed E-state index contributed by atoms with van der Waals surface area (Å²) in [5, 5.41) is 0. The van der Waals surface area contributed by atoms with Gasteiger partial charge in [-0.2, -0.15) is 0 Å². The van der Waals surface area contributed by atoms with E-state index in [2.05, 4.69) is 158 Å². The Morgan fingerprint density at radius 3 is 1.77 bits per heavy atom. The van der Waals surface area contributed by atoms with Crippen LogP contribution in [0.2, 0.25) is 24.2 Å². The summed E-state index contributed by atoms with van der Waals surface area (Å²) in [6.07, 6.45) is 15.4. The van der Waals surface area contributed by atoms with Crippen molar-refractivity contribution in [1.29, 1.82) is 0 Å². The van der Waals surface area contributed by atoms with Crippen molar-refractivity contribution in [2.75, 3.05) is 0 Å². The molecule has 8 unspecified atom stereocenters. The van der Waals surface area contributed by atoms with Crippen LogP contribution in [0.5, 0.6) is 0 Å². The number of fused-ring (bicyclic) bond motifs is 3. The van der Waals surface area contributed by atoms with Gasteiger partial charge < -0.3 is 14.9 Å². The van der Waals surface area contributed by atoms with Gasteiger partial charge in [-0.25, -0.2) is 0 Å². The third-order valence-corrected chi connectivity index (χ3v) is 19.8. The predicted octanol–water partition coefficient (Wildman–Crippen LogP) is 16.3. The molecule has 0 bridgehead atoms.